The normalized spacial score (nSPS) is 11.8. The zero-order chi connectivity index (χ0) is 17.1. The van der Waals surface area contributed by atoms with Crippen molar-refractivity contribution in [1.29, 1.82) is 0 Å². The van der Waals surface area contributed by atoms with Gasteiger partial charge in [0, 0.05) is 26.5 Å². The molecule has 0 aliphatic rings. The second-order valence-electron chi connectivity index (χ2n) is 6.63. The van der Waals surface area contributed by atoms with Crippen LogP contribution in [0.1, 0.15) is 0 Å². The maximum absolute atomic E-state index is 2.45. The first kappa shape index (κ1) is 14.1. The summed E-state index contributed by atoms with van der Waals surface area (Å²) in [4.78, 5) is 0. The molecule has 0 bridgehead atoms. The second kappa shape index (κ2) is 5.20. The molecule has 0 fully saturated rings. The quantitative estimate of drug-likeness (QED) is 0.297. The van der Waals surface area contributed by atoms with Gasteiger partial charge in [-0.2, -0.15) is 0 Å². The smallest absolute Gasteiger partial charge is 0.0727 e. The minimum atomic E-state index is 1.22. The van der Waals surface area contributed by atoms with Gasteiger partial charge in [0.2, 0.25) is 0 Å². The number of thiophene rings is 1. The SMILES string of the molecule is c1ccc(-n2c3c4ccccc4ccc3c3sc4ccccc4c32)cc1. The molecule has 2 heteroatoms. The third-order valence-corrected chi connectivity index (χ3v) is 6.37. The number of rotatable bonds is 1. The second-order valence-corrected chi connectivity index (χ2v) is 7.68. The molecule has 2 aromatic heterocycles. The zero-order valence-electron chi connectivity index (χ0n) is 14.0. The summed E-state index contributed by atoms with van der Waals surface area (Å²) in [6.07, 6.45) is 0. The number of nitrogens with zero attached hydrogens (tertiary/aromatic N) is 1. The van der Waals surface area contributed by atoms with Gasteiger partial charge in [-0.3, -0.25) is 0 Å². The maximum Gasteiger partial charge on any atom is 0.0727 e. The Morgan fingerprint density at radius 2 is 1.27 bits per heavy atom. The summed E-state index contributed by atoms with van der Waals surface area (Å²) in [5.74, 6) is 0. The Morgan fingerprint density at radius 3 is 2.15 bits per heavy atom. The fourth-order valence-corrected chi connectivity index (χ4v) is 5.28. The van der Waals surface area contributed by atoms with Crippen LogP contribution in [0.4, 0.5) is 0 Å². The highest BCUT2D eigenvalue weighted by atomic mass is 32.1. The van der Waals surface area contributed by atoms with Crippen LogP contribution in [0.3, 0.4) is 0 Å². The van der Waals surface area contributed by atoms with Crippen LogP contribution >= 0.6 is 11.3 Å². The molecule has 0 unspecified atom stereocenters. The van der Waals surface area contributed by atoms with Crippen LogP contribution in [-0.2, 0) is 0 Å². The molecular formula is C24H15NS. The molecule has 122 valence electrons. The van der Waals surface area contributed by atoms with E-state index < -0.39 is 0 Å². The van der Waals surface area contributed by atoms with Crippen LogP contribution in [0.15, 0.2) is 91.0 Å². The van der Waals surface area contributed by atoms with Gasteiger partial charge in [0.1, 0.15) is 0 Å². The van der Waals surface area contributed by atoms with E-state index in [1.165, 1.54) is 47.7 Å². The van der Waals surface area contributed by atoms with Crippen LogP contribution in [0, 0.1) is 0 Å². The molecule has 0 saturated carbocycles. The third-order valence-electron chi connectivity index (χ3n) is 5.18. The lowest BCUT2D eigenvalue weighted by Crippen LogP contribution is -1.93. The molecule has 0 saturated heterocycles. The van der Waals surface area contributed by atoms with Gasteiger partial charge < -0.3 is 4.57 Å². The van der Waals surface area contributed by atoms with Crippen molar-refractivity contribution in [3.05, 3.63) is 91.0 Å². The average Bonchev–Trinajstić information content (AvgIpc) is 3.23. The van der Waals surface area contributed by atoms with Crippen LogP contribution in [-0.4, -0.2) is 4.57 Å². The minimum Gasteiger partial charge on any atom is -0.307 e. The van der Waals surface area contributed by atoms with E-state index in [0.29, 0.717) is 0 Å². The average molecular weight is 349 g/mol. The first-order valence-corrected chi connectivity index (χ1v) is 9.62. The van der Waals surface area contributed by atoms with E-state index in [9.17, 15) is 0 Å². The van der Waals surface area contributed by atoms with Crippen molar-refractivity contribution >= 4 is 53.3 Å². The molecule has 0 atom stereocenters. The fourth-order valence-electron chi connectivity index (χ4n) is 4.06. The van der Waals surface area contributed by atoms with E-state index in [1.54, 1.807) is 0 Å². The standard InChI is InChI=1S/C24H15NS/c1-2-9-17(10-3-1)25-22-18-11-5-4-8-16(18)14-15-20(22)24-23(25)19-12-6-7-13-21(19)26-24/h1-15H. The summed E-state index contributed by atoms with van der Waals surface area (Å²) in [7, 11) is 0. The van der Waals surface area contributed by atoms with E-state index in [0.717, 1.165) is 0 Å². The van der Waals surface area contributed by atoms with Crippen molar-refractivity contribution in [3.8, 4) is 5.69 Å². The van der Waals surface area contributed by atoms with Crippen molar-refractivity contribution in [2.45, 2.75) is 0 Å². The molecule has 4 aromatic carbocycles. The topological polar surface area (TPSA) is 4.93 Å². The van der Waals surface area contributed by atoms with Crippen molar-refractivity contribution < 1.29 is 0 Å². The van der Waals surface area contributed by atoms with Gasteiger partial charge in [0.05, 0.1) is 15.7 Å². The molecule has 6 aromatic rings. The highest BCUT2D eigenvalue weighted by Crippen LogP contribution is 2.44. The van der Waals surface area contributed by atoms with Gasteiger partial charge >= 0.3 is 0 Å². The van der Waals surface area contributed by atoms with Gasteiger partial charge in [0.25, 0.3) is 0 Å². The highest BCUT2D eigenvalue weighted by molar-refractivity contribution is 7.26. The maximum atomic E-state index is 2.45. The summed E-state index contributed by atoms with van der Waals surface area (Å²) < 4.78 is 5.17. The predicted octanol–water partition coefficient (Wildman–Crippen LogP) is 7.15. The summed E-state index contributed by atoms with van der Waals surface area (Å²) in [5.41, 5.74) is 3.84. The lowest BCUT2D eigenvalue weighted by atomic mass is 10.1. The molecule has 0 N–H and O–H groups in total. The van der Waals surface area contributed by atoms with Gasteiger partial charge in [-0.25, -0.2) is 0 Å². The van der Waals surface area contributed by atoms with Crippen molar-refractivity contribution in [3.63, 3.8) is 0 Å². The lowest BCUT2D eigenvalue weighted by Gasteiger charge is -2.10. The Bertz CT molecular complexity index is 1410. The molecule has 6 rings (SSSR count). The van der Waals surface area contributed by atoms with Crippen molar-refractivity contribution in [1.82, 2.24) is 4.57 Å². The molecule has 0 radical (unpaired) electrons. The summed E-state index contributed by atoms with van der Waals surface area (Å²) in [6, 6.07) is 32.7. The van der Waals surface area contributed by atoms with E-state index in [1.807, 2.05) is 11.3 Å². The molecule has 0 amide bonds. The largest absolute Gasteiger partial charge is 0.307 e. The number of hydrogen-bond donors (Lipinski definition) is 0. The molecule has 0 aliphatic carbocycles. The van der Waals surface area contributed by atoms with Gasteiger partial charge in [-0.1, -0.05) is 72.8 Å². The monoisotopic (exact) mass is 349 g/mol. The van der Waals surface area contributed by atoms with Crippen molar-refractivity contribution in [2.24, 2.45) is 0 Å². The Hall–Kier alpha value is -3.10. The van der Waals surface area contributed by atoms with Crippen LogP contribution in [0.5, 0.6) is 0 Å². The van der Waals surface area contributed by atoms with E-state index in [4.69, 9.17) is 0 Å². The summed E-state index contributed by atoms with van der Waals surface area (Å²) in [6.45, 7) is 0. The number of benzene rings is 4. The molecular weight excluding hydrogens is 334 g/mol. The number of para-hydroxylation sites is 1. The van der Waals surface area contributed by atoms with Gasteiger partial charge in [-0.15, -0.1) is 11.3 Å². The zero-order valence-corrected chi connectivity index (χ0v) is 14.8. The Morgan fingerprint density at radius 1 is 0.538 bits per heavy atom. The molecule has 1 nitrogen and oxygen atoms in total. The summed E-state index contributed by atoms with van der Waals surface area (Å²) in [5, 5.41) is 5.26. The summed E-state index contributed by atoms with van der Waals surface area (Å²) >= 11 is 1.89. The van der Waals surface area contributed by atoms with E-state index in [2.05, 4.69) is 95.6 Å². The first-order chi connectivity index (χ1) is 12.9. The number of hydrogen-bond acceptors (Lipinski definition) is 1. The Labute approximate surface area is 154 Å². The molecule has 0 spiro atoms. The van der Waals surface area contributed by atoms with Crippen molar-refractivity contribution in [2.75, 3.05) is 0 Å². The van der Waals surface area contributed by atoms with E-state index in [-0.39, 0.29) is 0 Å². The molecule has 2 heterocycles. The van der Waals surface area contributed by atoms with E-state index >= 15 is 0 Å². The Balaban J connectivity index is 1.96. The van der Waals surface area contributed by atoms with Gasteiger partial charge in [-0.05, 0) is 23.6 Å². The van der Waals surface area contributed by atoms with Crippen LogP contribution < -0.4 is 0 Å². The third kappa shape index (κ3) is 1.80. The minimum absolute atomic E-state index is 1.22. The van der Waals surface area contributed by atoms with Gasteiger partial charge in [0.15, 0.2) is 0 Å². The van der Waals surface area contributed by atoms with Crippen LogP contribution in [0.25, 0.3) is 47.7 Å². The predicted molar refractivity (Wildman–Crippen MR) is 114 cm³/mol. The molecule has 26 heavy (non-hydrogen) atoms. The highest BCUT2D eigenvalue weighted by Gasteiger charge is 2.18. The lowest BCUT2D eigenvalue weighted by molar-refractivity contribution is 1.19. The first-order valence-electron chi connectivity index (χ1n) is 8.81. The number of fused-ring (bicyclic) bond motifs is 7. The fraction of sp³-hybridized carbons (Fsp3) is 0. The number of aromatic nitrogens is 1. The van der Waals surface area contributed by atoms with Crippen LogP contribution in [0.2, 0.25) is 0 Å². The molecule has 0 aliphatic heterocycles. The Kier molecular flexibility index (Phi) is 2.82.